The number of hydrogen-bond donors (Lipinski definition) is 2. The smallest absolute Gasteiger partial charge is 0.233 e. The first-order chi connectivity index (χ1) is 8.07. The number of carbonyl (C=O) groups is 1. The molecular weight excluding hydrogens is 272 g/mol. The molecule has 1 fully saturated rings. The average molecular weight is 292 g/mol. The van der Waals surface area contributed by atoms with Gasteiger partial charge in [0.25, 0.3) is 0 Å². The highest BCUT2D eigenvalue weighted by molar-refractivity contribution is 7.90. The molecule has 0 aliphatic heterocycles. The topological polar surface area (TPSA) is 89.3 Å². The lowest BCUT2D eigenvalue weighted by molar-refractivity contribution is -0.133. The maximum atomic E-state index is 12.2. The molecule has 1 atom stereocenters. The molecule has 0 aromatic rings. The van der Waals surface area contributed by atoms with Crippen molar-refractivity contribution < 1.29 is 13.2 Å². The molecule has 0 bridgehead atoms. The van der Waals surface area contributed by atoms with E-state index in [0.29, 0.717) is 18.8 Å². The van der Waals surface area contributed by atoms with Crippen LogP contribution in [0.15, 0.2) is 0 Å². The van der Waals surface area contributed by atoms with Crippen LogP contribution in [0, 0.1) is 11.3 Å². The second-order valence-electron chi connectivity index (χ2n) is 5.43. The van der Waals surface area contributed by atoms with E-state index in [-0.39, 0.29) is 16.6 Å². The Morgan fingerprint density at radius 3 is 2.39 bits per heavy atom. The molecule has 0 saturated heterocycles. The van der Waals surface area contributed by atoms with Crippen LogP contribution in [0.2, 0.25) is 0 Å². The van der Waals surface area contributed by atoms with Crippen molar-refractivity contribution >= 4 is 33.0 Å². The van der Waals surface area contributed by atoms with E-state index in [2.05, 4.69) is 5.32 Å². The maximum Gasteiger partial charge on any atom is 0.233 e. The minimum atomic E-state index is -3.11. The molecule has 1 saturated carbocycles. The van der Waals surface area contributed by atoms with Gasteiger partial charge in [-0.3, -0.25) is 4.79 Å². The zero-order valence-corrected chi connectivity index (χ0v) is 12.5. The lowest BCUT2D eigenvalue weighted by Crippen LogP contribution is -2.57. The molecule has 0 radical (unpaired) electrons. The van der Waals surface area contributed by atoms with Crippen molar-refractivity contribution in [2.75, 3.05) is 12.0 Å². The van der Waals surface area contributed by atoms with Crippen molar-refractivity contribution in [2.45, 2.75) is 32.7 Å². The van der Waals surface area contributed by atoms with Crippen LogP contribution in [0.4, 0.5) is 0 Å². The number of rotatable bonds is 5. The van der Waals surface area contributed by atoms with Gasteiger partial charge in [0.05, 0.1) is 16.2 Å². The molecule has 5 nitrogen and oxygen atoms in total. The summed E-state index contributed by atoms with van der Waals surface area (Å²) in [6.45, 7) is 3.69. The molecule has 0 spiro atoms. The predicted octanol–water partition coefficient (Wildman–Crippen LogP) is 0.238. The van der Waals surface area contributed by atoms with Crippen LogP contribution >= 0.6 is 12.2 Å². The summed E-state index contributed by atoms with van der Waals surface area (Å²) >= 11 is 4.97. The van der Waals surface area contributed by atoms with Gasteiger partial charge < -0.3 is 11.1 Å². The minimum absolute atomic E-state index is 0.0816. The van der Waals surface area contributed by atoms with Gasteiger partial charge in [-0.15, -0.1) is 0 Å². The van der Waals surface area contributed by atoms with Gasteiger partial charge in [0.2, 0.25) is 5.91 Å². The molecule has 1 aliphatic carbocycles. The number of thiocarbonyl (C=S) groups is 1. The molecule has 1 aliphatic rings. The van der Waals surface area contributed by atoms with E-state index >= 15 is 0 Å². The fraction of sp³-hybridized carbons (Fsp3) is 0.818. The zero-order valence-electron chi connectivity index (χ0n) is 10.9. The first-order valence-electron chi connectivity index (χ1n) is 5.85. The van der Waals surface area contributed by atoms with Gasteiger partial charge in [-0.25, -0.2) is 8.42 Å². The van der Waals surface area contributed by atoms with E-state index in [1.165, 1.54) is 0 Å². The van der Waals surface area contributed by atoms with Crippen LogP contribution in [0.3, 0.4) is 0 Å². The van der Waals surface area contributed by atoms with Crippen molar-refractivity contribution in [1.82, 2.24) is 5.32 Å². The van der Waals surface area contributed by atoms with Gasteiger partial charge in [-0.2, -0.15) is 0 Å². The molecule has 3 N–H and O–H groups in total. The molecule has 0 aromatic carbocycles. The quantitative estimate of drug-likeness (QED) is 0.709. The Labute approximate surface area is 113 Å². The first kappa shape index (κ1) is 15.4. The van der Waals surface area contributed by atoms with Crippen LogP contribution in [-0.4, -0.2) is 37.4 Å². The zero-order chi connectivity index (χ0) is 14.1. The minimum Gasteiger partial charge on any atom is -0.392 e. The second-order valence-corrected chi connectivity index (χ2v) is 8.05. The van der Waals surface area contributed by atoms with E-state index in [1.54, 1.807) is 6.92 Å². The van der Waals surface area contributed by atoms with Gasteiger partial charge in [-0.1, -0.05) is 19.1 Å². The third-order valence-electron chi connectivity index (χ3n) is 3.23. The van der Waals surface area contributed by atoms with Crippen LogP contribution in [0.1, 0.15) is 26.7 Å². The summed E-state index contributed by atoms with van der Waals surface area (Å²) < 4.78 is 22.3. The van der Waals surface area contributed by atoms with Crippen molar-refractivity contribution in [3.63, 3.8) is 0 Å². The largest absolute Gasteiger partial charge is 0.392 e. The van der Waals surface area contributed by atoms with Gasteiger partial charge in [-0.05, 0) is 25.7 Å². The van der Waals surface area contributed by atoms with Gasteiger partial charge in [0.15, 0.2) is 0 Å². The van der Waals surface area contributed by atoms with Crippen LogP contribution in [0.5, 0.6) is 0 Å². The van der Waals surface area contributed by atoms with Crippen LogP contribution < -0.4 is 11.1 Å². The number of nitrogens with two attached hydrogens (primary N) is 1. The summed E-state index contributed by atoms with van der Waals surface area (Å²) in [5.41, 5.74) is 4.87. The SMILES string of the molecule is CC1CC(C(=O)NC(C)CS(C)(=O)=O)(C(N)=S)C1. The standard InChI is InChI=1S/C11H20N2O3S2/c1-7-4-11(5-7,9(12)17)10(14)13-8(2)6-18(3,15)16/h7-8H,4-6H2,1-3H3,(H2,12,17)(H,13,14). The van der Waals surface area contributed by atoms with Crippen molar-refractivity contribution in [3.8, 4) is 0 Å². The number of amides is 1. The van der Waals surface area contributed by atoms with Gasteiger partial charge >= 0.3 is 0 Å². The first-order valence-corrected chi connectivity index (χ1v) is 8.32. The average Bonchev–Trinajstić information content (AvgIpc) is 2.07. The molecule has 104 valence electrons. The Balaban J connectivity index is 2.67. The summed E-state index contributed by atoms with van der Waals surface area (Å²) in [7, 11) is -3.11. The monoisotopic (exact) mass is 292 g/mol. The normalized spacial score (nSPS) is 29.2. The molecule has 1 unspecified atom stereocenters. The summed E-state index contributed by atoms with van der Waals surface area (Å²) in [6.07, 6.45) is 2.42. The molecule has 1 amide bonds. The van der Waals surface area contributed by atoms with E-state index in [0.717, 1.165) is 6.26 Å². The highest BCUT2D eigenvalue weighted by Crippen LogP contribution is 2.46. The summed E-state index contributed by atoms with van der Waals surface area (Å²) in [6, 6.07) is -0.436. The molecule has 0 heterocycles. The summed E-state index contributed by atoms with van der Waals surface area (Å²) in [5.74, 6) is 0.0912. The number of nitrogens with one attached hydrogen (secondary N) is 1. The van der Waals surface area contributed by atoms with Gasteiger partial charge in [0, 0.05) is 12.3 Å². The Morgan fingerprint density at radius 1 is 1.56 bits per heavy atom. The number of hydrogen-bond acceptors (Lipinski definition) is 4. The van der Waals surface area contributed by atoms with Gasteiger partial charge in [0.1, 0.15) is 9.84 Å². The lowest BCUT2D eigenvalue weighted by atomic mass is 9.62. The van der Waals surface area contributed by atoms with Crippen molar-refractivity contribution in [1.29, 1.82) is 0 Å². The van der Waals surface area contributed by atoms with E-state index < -0.39 is 21.3 Å². The summed E-state index contributed by atoms with van der Waals surface area (Å²) in [4.78, 5) is 12.4. The summed E-state index contributed by atoms with van der Waals surface area (Å²) in [5, 5.41) is 2.70. The molecule has 18 heavy (non-hydrogen) atoms. The van der Waals surface area contributed by atoms with E-state index in [9.17, 15) is 13.2 Å². The Morgan fingerprint density at radius 2 is 2.06 bits per heavy atom. The molecule has 7 heteroatoms. The van der Waals surface area contributed by atoms with Crippen molar-refractivity contribution in [3.05, 3.63) is 0 Å². The fourth-order valence-electron chi connectivity index (χ4n) is 2.49. The third kappa shape index (κ3) is 3.41. The van der Waals surface area contributed by atoms with Crippen LogP contribution in [-0.2, 0) is 14.6 Å². The van der Waals surface area contributed by atoms with E-state index in [1.807, 2.05) is 6.92 Å². The Bertz CT molecular complexity index is 453. The lowest BCUT2D eigenvalue weighted by Gasteiger charge is -2.44. The number of carbonyl (C=O) groups excluding carboxylic acids is 1. The highest BCUT2D eigenvalue weighted by atomic mass is 32.2. The van der Waals surface area contributed by atoms with E-state index in [4.69, 9.17) is 18.0 Å². The van der Waals surface area contributed by atoms with Crippen LogP contribution in [0.25, 0.3) is 0 Å². The van der Waals surface area contributed by atoms with Crippen molar-refractivity contribution in [2.24, 2.45) is 17.1 Å². The third-order valence-corrected chi connectivity index (χ3v) is 4.73. The number of sulfone groups is 1. The maximum absolute atomic E-state index is 12.2. The molecule has 1 rings (SSSR count). The highest BCUT2D eigenvalue weighted by Gasteiger charge is 2.51. The second kappa shape index (κ2) is 5.13. The Hall–Kier alpha value is -0.690. The molecule has 0 aromatic heterocycles. The predicted molar refractivity (Wildman–Crippen MR) is 74.9 cm³/mol. The molecular formula is C11H20N2O3S2. The Kier molecular flexibility index (Phi) is 4.38. The fourth-order valence-corrected chi connectivity index (χ4v) is 3.74.